The van der Waals surface area contributed by atoms with Gasteiger partial charge in [0.25, 0.3) is 5.91 Å². The number of carbonyl (C=O) groups excluding carboxylic acids is 2. The minimum Gasteiger partial charge on any atom is -0.444 e. The number of carbonyl (C=O) groups is 2. The van der Waals surface area contributed by atoms with E-state index in [1.54, 1.807) is 36.4 Å². The number of nitrogens with zero attached hydrogens (tertiary/aromatic N) is 2. The van der Waals surface area contributed by atoms with Crippen molar-refractivity contribution in [1.29, 1.82) is 0 Å². The van der Waals surface area contributed by atoms with Gasteiger partial charge in [0, 0.05) is 11.3 Å². The fourth-order valence-electron chi connectivity index (χ4n) is 3.32. The van der Waals surface area contributed by atoms with Crippen LogP contribution in [0.25, 0.3) is 16.7 Å². The molecule has 0 fully saturated rings. The second kappa shape index (κ2) is 7.59. The molecule has 0 aliphatic heterocycles. The molecule has 4 aromatic rings. The number of imidazole rings is 1. The summed E-state index contributed by atoms with van der Waals surface area (Å²) >= 11 is 0. The zero-order valence-corrected chi connectivity index (χ0v) is 15.8. The van der Waals surface area contributed by atoms with Crippen molar-refractivity contribution < 1.29 is 14.3 Å². The third-order valence-corrected chi connectivity index (χ3v) is 4.66. The molecule has 0 saturated heterocycles. The predicted octanol–water partition coefficient (Wildman–Crippen LogP) is 3.72. The average molecular weight is 385 g/mol. The molecule has 0 bridgehead atoms. The highest BCUT2D eigenvalue weighted by Crippen LogP contribution is 2.24. The Balaban J connectivity index is 1.66. The van der Waals surface area contributed by atoms with Gasteiger partial charge in [-0.15, -0.1) is 0 Å². The van der Waals surface area contributed by atoms with Gasteiger partial charge in [-0.05, 0) is 37.3 Å². The maximum Gasteiger partial charge on any atom is 0.339 e. The molecule has 1 amide bonds. The Kier molecular flexibility index (Phi) is 4.83. The van der Waals surface area contributed by atoms with E-state index in [0.29, 0.717) is 16.6 Å². The summed E-state index contributed by atoms with van der Waals surface area (Å²) in [6, 6.07) is 23.7. The number of hydrogen-bond acceptors (Lipinski definition) is 4. The number of para-hydroxylation sites is 1. The number of hydrogen-bond donors (Lipinski definition) is 1. The number of nitrogens with two attached hydrogens (primary N) is 1. The molecule has 0 saturated carbocycles. The summed E-state index contributed by atoms with van der Waals surface area (Å²) in [6.45, 7) is 1.91. The minimum absolute atomic E-state index is 0.303. The standard InChI is InChI=1S/C23H19N3O3/c1-15-25-19-14-17(12-13-20(19)26(15)18-10-6-3-7-11-18)23(28)29-21(22(24)27)16-8-4-2-5-9-16/h2-14,21H,1H3,(H2,24,27). The van der Waals surface area contributed by atoms with Gasteiger partial charge in [0.1, 0.15) is 5.82 Å². The first kappa shape index (κ1) is 18.4. The zero-order valence-electron chi connectivity index (χ0n) is 15.8. The van der Waals surface area contributed by atoms with E-state index < -0.39 is 18.0 Å². The largest absolute Gasteiger partial charge is 0.444 e. The fraction of sp³-hybridized carbons (Fsp3) is 0.0870. The van der Waals surface area contributed by atoms with Crippen molar-refractivity contribution in [1.82, 2.24) is 9.55 Å². The van der Waals surface area contributed by atoms with E-state index >= 15 is 0 Å². The number of aryl methyl sites for hydroxylation is 1. The van der Waals surface area contributed by atoms with E-state index in [4.69, 9.17) is 10.5 Å². The molecule has 1 heterocycles. The zero-order chi connectivity index (χ0) is 20.4. The quantitative estimate of drug-likeness (QED) is 0.531. The normalized spacial score (nSPS) is 11.9. The molecule has 2 N–H and O–H groups in total. The number of benzene rings is 3. The molecular weight excluding hydrogens is 366 g/mol. The van der Waals surface area contributed by atoms with Crippen molar-refractivity contribution in [2.24, 2.45) is 5.73 Å². The van der Waals surface area contributed by atoms with Gasteiger partial charge in [-0.2, -0.15) is 0 Å². The number of rotatable bonds is 5. The molecule has 3 aromatic carbocycles. The van der Waals surface area contributed by atoms with Gasteiger partial charge in [-0.1, -0.05) is 48.5 Å². The molecule has 6 heteroatoms. The van der Waals surface area contributed by atoms with Crippen LogP contribution in [-0.4, -0.2) is 21.4 Å². The average Bonchev–Trinajstić information content (AvgIpc) is 3.07. The van der Waals surface area contributed by atoms with E-state index in [2.05, 4.69) is 4.98 Å². The second-order valence-corrected chi connectivity index (χ2v) is 6.63. The number of ether oxygens (including phenoxy) is 1. The van der Waals surface area contributed by atoms with Crippen molar-refractivity contribution >= 4 is 22.9 Å². The number of esters is 1. The van der Waals surface area contributed by atoms with Crippen LogP contribution in [0.1, 0.15) is 27.8 Å². The third kappa shape index (κ3) is 3.60. The van der Waals surface area contributed by atoms with Crippen LogP contribution in [0.15, 0.2) is 78.9 Å². The summed E-state index contributed by atoms with van der Waals surface area (Å²) in [5.74, 6) is -0.558. The molecular formula is C23H19N3O3. The molecule has 4 rings (SSSR count). The highest BCUT2D eigenvalue weighted by atomic mass is 16.5. The third-order valence-electron chi connectivity index (χ3n) is 4.66. The van der Waals surface area contributed by atoms with Crippen LogP contribution in [-0.2, 0) is 9.53 Å². The lowest BCUT2D eigenvalue weighted by Crippen LogP contribution is -2.26. The molecule has 0 radical (unpaired) electrons. The van der Waals surface area contributed by atoms with E-state index in [-0.39, 0.29) is 0 Å². The van der Waals surface area contributed by atoms with E-state index in [0.717, 1.165) is 17.0 Å². The number of aromatic nitrogens is 2. The van der Waals surface area contributed by atoms with Crippen molar-refractivity contribution in [3.63, 3.8) is 0 Å². The Bertz CT molecular complexity index is 1180. The lowest BCUT2D eigenvalue weighted by Gasteiger charge is -2.15. The van der Waals surface area contributed by atoms with Crippen LogP contribution in [0.5, 0.6) is 0 Å². The minimum atomic E-state index is -1.15. The lowest BCUT2D eigenvalue weighted by atomic mass is 10.1. The number of primary amides is 1. The van der Waals surface area contributed by atoms with Gasteiger partial charge in [-0.3, -0.25) is 9.36 Å². The first-order valence-electron chi connectivity index (χ1n) is 9.14. The molecule has 1 atom stereocenters. The van der Waals surface area contributed by atoms with Gasteiger partial charge in [0.2, 0.25) is 6.10 Å². The second-order valence-electron chi connectivity index (χ2n) is 6.63. The monoisotopic (exact) mass is 385 g/mol. The Morgan fingerprint density at radius 3 is 2.28 bits per heavy atom. The molecule has 0 spiro atoms. The molecule has 0 aliphatic carbocycles. The predicted molar refractivity (Wildman–Crippen MR) is 110 cm³/mol. The van der Waals surface area contributed by atoms with E-state index in [1.165, 1.54) is 0 Å². The summed E-state index contributed by atoms with van der Waals surface area (Å²) < 4.78 is 7.42. The van der Waals surface area contributed by atoms with Crippen LogP contribution in [0.3, 0.4) is 0 Å². The van der Waals surface area contributed by atoms with Crippen LogP contribution in [0.2, 0.25) is 0 Å². The molecule has 1 aromatic heterocycles. The molecule has 1 unspecified atom stereocenters. The van der Waals surface area contributed by atoms with Gasteiger partial charge in [0.15, 0.2) is 0 Å². The summed E-state index contributed by atoms with van der Waals surface area (Å²) in [5, 5.41) is 0. The van der Waals surface area contributed by atoms with E-state index in [1.807, 2.05) is 54.0 Å². The van der Waals surface area contributed by atoms with Crippen LogP contribution in [0.4, 0.5) is 0 Å². The van der Waals surface area contributed by atoms with Gasteiger partial charge < -0.3 is 10.5 Å². The van der Waals surface area contributed by atoms with Gasteiger partial charge >= 0.3 is 5.97 Å². The number of amides is 1. The highest BCUT2D eigenvalue weighted by Gasteiger charge is 2.23. The van der Waals surface area contributed by atoms with Gasteiger partial charge in [0.05, 0.1) is 16.6 Å². The molecule has 29 heavy (non-hydrogen) atoms. The fourth-order valence-corrected chi connectivity index (χ4v) is 3.32. The molecule has 144 valence electrons. The van der Waals surface area contributed by atoms with E-state index in [9.17, 15) is 9.59 Å². The molecule has 6 nitrogen and oxygen atoms in total. The smallest absolute Gasteiger partial charge is 0.339 e. The summed E-state index contributed by atoms with van der Waals surface area (Å²) in [6.07, 6.45) is -1.15. The van der Waals surface area contributed by atoms with Crippen molar-refractivity contribution in [2.45, 2.75) is 13.0 Å². The number of fused-ring (bicyclic) bond motifs is 1. The first-order chi connectivity index (χ1) is 14.0. The van der Waals surface area contributed by atoms with Crippen LogP contribution in [0, 0.1) is 6.92 Å². The van der Waals surface area contributed by atoms with Crippen LogP contribution < -0.4 is 5.73 Å². The summed E-state index contributed by atoms with van der Waals surface area (Å²) in [4.78, 5) is 29.1. The SMILES string of the molecule is Cc1nc2cc(C(=O)OC(C(N)=O)c3ccccc3)ccc2n1-c1ccccc1. The molecule has 0 aliphatic rings. The van der Waals surface area contributed by atoms with Crippen LogP contribution >= 0.6 is 0 Å². The Labute approximate surface area is 167 Å². The maximum absolute atomic E-state index is 12.7. The topological polar surface area (TPSA) is 87.2 Å². The lowest BCUT2D eigenvalue weighted by molar-refractivity contribution is -0.127. The first-order valence-corrected chi connectivity index (χ1v) is 9.14. The Morgan fingerprint density at radius 2 is 1.62 bits per heavy atom. The van der Waals surface area contributed by atoms with Crippen molar-refractivity contribution in [2.75, 3.05) is 0 Å². The maximum atomic E-state index is 12.7. The van der Waals surface area contributed by atoms with Gasteiger partial charge in [-0.25, -0.2) is 9.78 Å². The highest BCUT2D eigenvalue weighted by molar-refractivity contribution is 5.95. The Morgan fingerprint density at radius 1 is 0.966 bits per heavy atom. The summed E-state index contributed by atoms with van der Waals surface area (Å²) in [5.41, 5.74) is 8.80. The van der Waals surface area contributed by atoms with Crippen molar-refractivity contribution in [3.05, 3.63) is 95.8 Å². The van der Waals surface area contributed by atoms with Crippen molar-refractivity contribution in [3.8, 4) is 5.69 Å². The Hall–Kier alpha value is -3.93. The summed E-state index contributed by atoms with van der Waals surface area (Å²) in [7, 11) is 0.